The Morgan fingerprint density at radius 3 is 3.00 bits per heavy atom. The van der Waals surface area contributed by atoms with Crippen LogP contribution in [0.4, 0.5) is 0 Å². The van der Waals surface area contributed by atoms with Gasteiger partial charge in [0.25, 0.3) is 0 Å². The maximum absolute atomic E-state index is 10.8. The van der Waals surface area contributed by atoms with Gasteiger partial charge in [-0.15, -0.1) is 0 Å². The first kappa shape index (κ1) is 13.4. The number of ether oxygens (including phenoxy) is 1. The van der Waals surface area contributed by atoms with Gasteiger partial charge in [-0.3, -0.25) is 4.79 Å². The molecule has 0 atom stereocenters. The van der Waals surface area contributed by atoms with Crippen LogP contribution >= 0.6 is 23.4 Å². The lowest BCUT2D eigenvalue weighted by Gasteiger charge is -2.09. The predicted molar refractivity (Wildman–Crippen MR) is 70.0 cm³/mol. The number of hydrogen-bond acceptors (Lipinski definition) is 3. The van der Waals surface area contributed by atoms with Crippen molar-refractivity contribution in [1.82, 2.24) is 0 Å². The van der Waals surface area contributed by atoms with Crippen molar-refractivity contribution < 1.29 is 9.53 Å². The Morgan fingerprint density at radius 1 is 1.50 bits per heavy atom. The van der Waals surface area contributed by atoms with Gasteiger partial charge in [-0.05, 0) is 30.1 Å². The van der Waals surface area contributed by atoms with Crippen molar-refractivity contribution in [3.8, 4) is 5.75 Å². The fourth-order valence-electron chi connectivity index (χ4n) is 1.25. The highest BCUT2D eigenvalue weighted by molar-refractivity contribution is 7.99. The van der Waals surface area contributed by atoms with Gasteiger partial charge in [0, 0.05) is 0 Å². The Hall–Kier alpha value is -0.670. The highest BCUT2D eigenvalue weighted by Gasteiger charge is 2.06. The minimum Gasteiger partial charge on any atom is -0.491 e. The van der Waals surface area contributed by atoms with Gasteiger partial charge in [-0.2, -0.15) is 11.8 Å². The molecular weight excluding hydrogens is 244 g/mol. The van der Waals surface area contributed by atoms with Gasteiger partial charge in [0.15, 0.2) is 6.29 Å². The van der Waals surface area contributed by atoms with Crippen molar-refractivity contribution in [2.75, 3.05) is 18.1 Å². The van der Waals surface area contributed by atoms with Crippen molar-refractivity contribution in [2.24, 2.45) is 0 Å². The summed E-state index contributed by atoms with van der Waals surface area (Å²) in [7, 11) is 0. The quantitative estimate of drug-likeness (QED) is 0.551. The first-order valence-corrected chi connectivity index (χ1v) is 6.77. The summed E-state index contributed by atoms with van der Waals surface area (Å²) < 4.78 is 5.53. The van der Waals surface area contributed by atoms with Crippen molar-refractivity contribution in [3.63, 3.8) is 0 Å². The molecular formula is C12H15ClO2S. The lowest BCUT2D eigenvalue weighted by atomic mass is 10.2. The molecule has 1 aromatic carbocycles. The van der Waals surface area contributed by atoms with E-state index >= 15 is 0 Å². The fraction of sp³-hybridized carbons (Fsp3) is 0.417. The van der Waals surface area contributed by atoms with Crippen molar-refractivity contribution in [1.29, 1.82) is 0 Å². The smallest absolute Gasteiger partial charge is 0.153 e. The minimum atomic E-state index is 0.493. The number of aldehydes is 1. The molecule has 0 amide bonds. The second-order valence-corrected chi connectivity index (χ2v) is 4.98. The third-order valence-electron chi connectivity index (χ3n) is 2.01. The van der Waals surface area contributed by atoms with Crippen LogP contribution < -0.4 is 4.74 Å². The standard InChI is InChI=1S/C12H15ClO2S/c1-2-16-8-4-7-15-12-10(9-14)5-3-6-11(12)13/h3,5-6,9H,2,4,7-8H2,1H3. The van der Waals surface area contributed by atoms with E-state index in [1.54, 1.807) is 18.2 Å². The number of halogens is 1. The van der Waals surface area contributed by atoms with E-state index in [-0.39, 0.29) is 0 Å². The van der Waals surface area contributed by atoms with Crippen LogP contribution in [0.2, 0.25) is 5.02 Å². The van der Waals surface area contributed by atoms with Crippen LogP contribution in [0.15, 0.2) is 18.2 Å². The molecule has 1 rings (SSSR count). The molecule has 0 spiro atoms. The minimum absolute atomic E-state index is 0.493. The van der Waals surface area contributed by atoms with Gasteiger partial charge >= 0.3 is 0 Å². The van der Waals surface area contributed by atoms with Crippen molar-refractivity contribution in [2.45, 2.75) is 13.3 Å². The average Bonchev–Trinajstić information content (AvgIpc) is 2.30. The molecule has 0 aliphatic rings. The molecule has 0 aliphatic heterocycles. The Labute approximate surface area is 105 Å². The third kappa shape index (κ3) is 4.06. The maximum atomic E-state index is 10.8. The van der Waals surface area contributed by atoms with Gasteiger partial charge in [0.2, 0.25) is 0 Å². The molecule has 0 unspecified atom stereocenters. The average molecular weight is 259 g/mol. The molecule has 0 saturated carbocycles. The van der Waals surface area contributed by atoms with E-state index in [0.29, 0.717) is 22.9 Å². The van der Waals surface area contributed by atoms with Crippen LogP contribution in [-0.4, -0.2) is 24.4 Å². The third-order valence-corrected chi connectivity index (χ3v) is 3.29. The van der Waals surface area contributed by atoms with E-state index in [1.165, 1.54) is 0 Å². The van der Waals surface area contributed by atoms with Crippen LogP contribution in [-0.2, 0) is 0 Å². The molecule has 0 bridgehead atoms. The van der Waals surface area contributed by atoms with E-state index in [9.17, 15) is 4.79 Å². The molecule has 1 aromatic rings. The lowest BCUT2D eigenvalue weighted by Crippen LogP contribution is -2.01. The monoisotopic (exact) mass is 258 g/mol. The van der Waals surface area contributed by atoms with Crippen molar-refractivity contribution >= 4 is 29.6 Å². The summed E-state index contributed by atoms with van der Waals surface area (Å²) in [6, 6.07) is 5.17. The maximum Gasteiger partial charge on any atom is 0.153 e. The second kappa shape index (κ2) is 7.58. The fourth-order valence-corrected chi connectivity index (χ4v) is 2.10. The topological polar surface area (TPSA) is 26.3 Å². The number of hydrogen-bond donors (Lipinski definition) is 0. The normalized spacial score (nSPS) is 10.1. The van der Waals surface area contributed by atoms with Gasteiger partial charge in [-0.25, -0.2) is 0 Å². The van der Waals surface area contributed by atoms with E-state index in [2.05, 4.69) is 6.92 Å². The van der Waals surface area contributed by atoms with E-state index in [1.807, 2.05) is 11.8 Å². The molecule has 0 aromatic heterocycles. The summed E-state index contributed by atoms with van der Waals surface area (Å²) in [6.07, 6.45) is 1.73. The summed E-state index contributed by atoms with van der Waals surface area (Å²) in [4.78, 5) is 10.8. The summed E-state index contributed by atoms with van der Waals surface area (Å²) in [5.74, 6) is 2.68. The summed E-state index contributed by atoms with van der Waals surface area (Å²) >= 11 is 7.83. The zero-order valence-electron chi connectivity index (χ0n) is 9.24. The lowest BCUT2D eigenvalue weighted by molar-refractivity contribution is 0.111. The number of carbonyl (C=O) groups excluding carboxylic acids is 1. The molecule has 4 heteroatoms. The number of carbonyl (C=O) groups is 1. The molecule has 0 heterocycles. The zero-order valence-corrected chi connectivity index (χ0v) is 10.8. The van der Waals surface area contributed by atoms with Crippen LogP contribution in [0.3, 0.4) is 0 Å². The summed E-state index contributed by atoms with van der Waals surface area (Å²) in [6.45, 7) is 2.72. The van der Waals surface area contributed by atoms with Crippen LogP contribution in [0.1, 0.15) is 23.7 Å². The SMILES string of the molecule is CCSCCCOc1c(Cl)cccc1C=O. The number of benzene rings is 1. The van der Waals surface area contributed by atoms with Gasteiger partial charge < -0.3 is 4.74 Å². The molecule has 0 radical (unpaired) electrons. The number of thioether (sulfide) groups is 1. The number of rotatable bonds is 7. The first-order chi connectivity index (χ1) is 7.79. The molecule has 0 fully saturated rings. The number of para-hydroxylation sites is 1. The predicted octanol–water partition coefficient (Wildman–Crippen LogP) is 3.67. The van der Waals surface area contributed by atoms with E-state index in [0.717, 1.165) is 24.2 Å². The van der Waals surface area contributed by atoms with Gasteiger partial charge in [0.05, 0.1) is 17.2 Å². The van der Waals surface area contributed by atoms with Crippen molar-refractivity contribution in [3.05, 3.63) is 28.8 Å². The van der Waals surface area contributed by atoms with Crippen LogP contribution in [0, 0.1) is 0 Å². The Morgan fingerprint density at radius 2 is 2.31 bits per heavy atom. The Bertz CT molecular complexity index is 342. The zero-order chi connectivity index (χ0) is 11.8. The molecule has 0 aliphatic carbocycles. The van der Waals surface area contributed by atoms with Crippen LogP contribution in [0.5, 0.6) is 5.75 Å². The first-order valence-electron chi connectivity index (χ1n) is 5.23. The summed E-state index contributed by atoms with van der Waals surface area (Å²) in [5, 5.41) is 0.493. The van der Waals surface area contributed by atoms with Gasteiger partial charge in [-0.1, -0.05) is 24.6 Å². The second-order valence-electron chi connectivity index (χ2n) is 3.17. The Kier molecular flexibility index (Phi) is 6.34. The van der Waals surface area contributed by atoms with Gasteiger partial charge in [0.1, 0.15) is 5.75 Å². The molecule has 0 N–H and O–H groups in total. The van der Waals surface area contributed by atoms with E-state index in [4.69, 9.17) is 16.3 Å². The van der Waals surface area contributed by atoms with Crippen LogP contribution in [0.25, 0.3) is 0 Å². The molecule has 16 heavy (non-hydrogen) atoms. The molecule has 2 nitrogen and oxygen atoms in total. The van der Waals surface area contributed by atoms with E-state index < -0.39 is 0 Å². The highest BCUT2D eigenvalue weighted by Crippen LogP contribution is 2.27. The Balaban J connectivity index is 2.49. The largest absolute Gasteiger partial charge is 0.491 e. The molecule has 88 valence electrons. The summed E-state index contributed by atoms with van der Waals surface area (Å²) in [5.41, 5.74) is 0.510. The highest BCUT2D eigenvalue weighted by atomic mass is 35.5. The molecule has 0 saturated heterocycles.